The van der Waals surface area contributed by atoms with Crippen LogP contribution in [0.4, 0.5) is 11.4 Å². The number of nitrogens with zero attached hydrogens (tertiary/aromatic N) is 1. The fourth-order valence-corrected chi connectivity index (χ4v) is 3.30. The number of rotatable bonds is 4. The van der Waals surface area contributed by atoms with E-state index >= 15 is 0 Å². The fourth-order valence-electron chi connectivity index (χ4n) is 3.30. The molecular weight excluding hydrogens is 306 g/mol. The summed E-state index contributed by atoms with van der Waals surface area (Å²) in [7, 11) is 1.72. The van der Waals surface area contributed by atoms with Gasteiger partial charge in [0.15, 0.2) is 0 Å². The second kappa shape index (κ2) is 6.86. The zero-order valence-electron chi connectivity index (χ0n) is 14.4. The average Bonchev–Trinajstić information content (AvgIpc) is 3.10. The van der Waals surface area contributed by atoms with Crippen LogP contribution in [0.15, 0.2) is 72.8 Å². The van der Waals surface area contributed by atoms with Crippen molar-refractivity contribution in [2.45, 2.75) is 6.42 Å². The number of anilines is 2. The summed E-state index contributed by atoms with van der Waals surface area (Å²) in [6, 6.07) is 25.5. The third-order valence-corrected chi connectivity index (χ3v) is 4.65. The Morgan fingerprint density at radius 3 is 2.28 bits per heavy atom. The van der Waals surface area contributed by atoms with Crippen LogP contribution in [0, 0.1) is 0 Å². The first kappa shape index (κ1) is 15.5. The summed E-state index contributed by atoms with van der Waals surface area (Å²) in [5, 5.41) is 0. The molecule has 0 fully saturated rings. The van der Waals surface area contributed by atoms with Gasteiger partial charge in [0.2, 0.25) is 0 Å². The van der Waals surface area contributed by atoms with E-state index in [9.17, 15) is 0 Å². The van der Waals surface area contributed by atoms with Gasteiger partial charge >= 0.3 is 0 Å². The molecule has 0 bridgehead atoms. The highest BCUT2D eigenvalue weighted by atomic mass is 16.5. The van der Waals surface area contributed by atoms with Crippen molar-refractivity contribution in [3.05, 3.63) is 89.5 Å². The first-order chi connectivity index (χ1) is 12.3. The molecule has 0 aromatic heterocycles. The van der Waals surface area contributed by atoms with E-state index in [-0.39, 0.29) is 0 Å². The summed E-state index contributed by atoms with van der Waals surface area (Å²) in [5.41, 5.74) is 6.30. The summed E-state index contributed by atoms with van der Waals surface area (Å²) in [4.78, 5) is 2.37. The molecule has 0 saturated carbocycles. The molecule has 2 heteroatoms. The van der Waals surface area contributed by atoms with Gasteiger partial charge in [-0.15, -0.1) is 0 Å². The normalized spacial score (nSPS) is 13.2. The molecule has 3 aromatic rings. The Bertz CT molecular complexity index is 882. The molecule has 3 aromatic carbocycles. The summed E-state index contributed by atoms with van der Waals surface area (Å²) < 4.78 is 5.33. The second-order valence-corrected chi connectivity index (χ2v) is 6.23. The third kappa shape index (κ3) is 3.29. The highest BCUT2D eigenvalue weighted by Crippen LogP contribution is 2.36. The van der Waals surface area contributed by atoms with Crippen LogP contribution in [0.1, 0.15) is 16.7 Å². The van der Waals surface area contributed by atoms with Gasteiger partial charge in [-0.25, -0.2) is 0 Å². The Morgan fingerprint density at radius 1 is 0.840 bits per heavy atom. The summed E-state index contributed by atoms with van der Waals surface area (Å²) in [6.45, 7) is 1.02. The van der Waals surface area contributed by atoms with Gasteiger partial charge in [-0.1, -0.05) is 54.6 Å². The van der Waals surface area contributed by atoms with Crippen molar-refractivity contribution in [1.29, 1.82) is 0 Å². The van der Waals surface area contributed by atoms with E-state index in [0.29, 0.717) is 0 Å². The molecule has 25 heavy (non-hydrogen) atoms. The number of methoxy groups -OCH3 is 1. The van der Waals surface area contributed by atoms with Crippen molar-refractivity contribution in [1.82, 2.24) is 0 Å². The number of fused-ring (bicyclic) bond motifs is 1. The van der Waals surface area contributed by atoms with E-state index in [0.717, 1.165) is 18.7 Å². The van der Waals surface area contributed by atoms with Crippen molar-refractivity contribution in [3.8, 4) is 5.75 Å². The van der Waals surface area contributed by atoms with Gasteiger partial charge in [0.05, 0.1) is 7.11 Å². The van der Waals surface area contributed by atoms with Gasteiger partial charge in [0.25, 0.3) is 0 Å². The zero-order chi connectivity index (χ0) is 17.1. The Hall–Kier alpha value is -3.00. The standard InChI is InChI=1S/C23H21NO/c1-25-22-13-14-23-20(17-22)15-16-24(23)21-11-9-19(10-12-21)8-7-18-5-3-2-4-6-18/h2-14,17H,15-16H2,1H3/b8-7+. The van der Waals surface area contributed by atoms with Gasteiger partial charge in [-0.05, 0) is 53.4 Å². The molecule has 124 valence electrons. The van der Waals surface area contributed by atoms with Crippen molar-refractivity contribution < 1.29 is 4.74 Å². The Morgan fingerprint density at radius 2 is 1.56 bits per heavy atom. The van der Waals surface area contributed by atoms with E-state index in [1.54, 1.807) is 7.11 Å². The van der Waals surface area contributed by atoms with Gasteiger partial charge in [-0.3, -0.25) is 0 Å². The SMILES string of the molecule is COc1ccc2c(c1)CCN2c1ccc(/C=C/c2ccccc2)cc1. The van der Waals surface area contributed by atoms with E-state index in [1.165, 1.54) is 28.1 Å². The molecule has 0 unspecified atom stereocenters. The van der Waals surface area contributed by atoms with Gasteiger partial charge < -0.3 is 9.64 Å². The van der Waals surface area contributed by atoms with Gasteiger partial charge in [-0.2, -0.15) is 0 Å². The van der Waals surface area contributed by atoms with Gasteiger partial charge in [0.1, 0.15) is 5.75 Å². The minimum absolute atomic E-state index is 0.932. The molecular formula is C23H21NO. The van der Waals surface area contributed by atoms with Crippen LogP contribution >= 0.6 is 0 Å². The molecule has 0 aliphatic carbocycles. The maximum absolute atomic E-state index is 5.33. The van der Waals surface area contributed by atoms with E-state index in [1.807, 2.05) is 12.1 Å². The molecule has 1 aliphatic heterocycles. The van der Waals surface area contributed by atoms with Crippen molar-refractivity contribution >= 4 is 23.5 Å². The van der Waals surface area contributed by atoms with Crippen molar-refractivity contribution in [2.24, 2.45) is 0 Å². The molecule has 1 heterocycles. The molecule has 0 N–H and O–H groups in total. The minimum atomic E-state index is 0.932. The minimum Gasteiger partial charge on any atom is -0.497 e. The van der Waals surface area contributed by atoms with Crippen LogP contribution in [0.5, 0.6) is 5.75 Å². The van der Waals surface area contributed by atoms with E-state index in [2.05, 4.69) is 77.7 Å². The lowest BCUT2D eigenvalue weighted by Gasteiger charge is -2.20. The monoisotopic (exact) mass is 327 g/mol. The first-order valence-electron chi connectivity index (χ1n) is 8.61. The van der Waals surface area contributed by atoms with E-state index in [4.69, 9.17) is 4.74 Å². The summed E-state index contributed by atoms with van der Waals surface area (Å²) >= 11 is 0. The maximum atomic E-state index is 5.33. The summed E-state index contributed by atoms with van der Waals surface area (Å²) in [6.07, 6.45) is 5.36. The lowest BCUT2D eigenvalue weighted by atomic mass is 10.1. The van der Waals surface area contributed by atoms with Crippen LogP contribution in [0.25, 0.3) is 12.2 Å². The van der Waals surface area contributed by atoms with Crippen LogP contribution in [0.3, 0.4) is 0 Å². The molecule has 0 spiro atoms. The largest absolute Gasteiger partial charge is 0.497 e. The molecule has 1 aliphatic rings. The quantitative estimate of drug-likeness (QED) is 0.582. The topological polar surface area (TPSA) is 12.5 Å². The molecule has 0 amide bonds. The Balaban J connectivity index is 1.53. The van der Waals surface area contributed by atoms with Crippen molar-refractivity contribution in [3.63, 3.8) is 0 Å². The predicted molar refractivity (Wildman–Crippen MR) is 106 cm³/mol. The lowest BCUT2D eigenvalue weighted by molar-refractivity contribution is 0.414. The Labute approximate surface area is 149 Å². The average molecular weight is 327 g/mol. The van der Waals surface area contributed by atoms with Crippen molar-refractivity contribution in [2.75, 3.05) is 18.6 Å². The van der Waals surface area contributed by atoms with Gasteiger partial charge in [0, 0.05) is 17.9 Å². The number of benzene rings is 3. The summed E-state index contributed by atoms with van der Waals surface area (Å²) in [5.74, 6) is 0.932. The van der Waals surface area contributed by atoms with Crippen LogP contribution in [0.2, 0.25) is 0 Å². The van der Waals surface area contributed by atoms with E-state index < -0.39 is 0 Å². The number of hydrogen-bond donors (Lipinski definition) is 0. The lowest BCUT2D eigenvalue weighted by Crippen LogP contribution is -2.12. The molecule has 0 atom stereocenters. The predicted octanol–water partition coefficient (Wildman–Crippen LogP) is 5.56. The molecule has 4 rings (SSSR count). The maximum Gasteiger partial charge on any atom is 0.119 e. The number of hydrogen-bond acceptors (Lipinski definition) is 2. The first-order valence-corrected chi connectivity index (χ1v) is 8.61. The molecule has 2 nitrogen and oxygen atoms in total. The third-order valence-electron chi connectivity index (χ3n) is 4.65. The fraction of sp³-hybridized carbons (Fsp3) is 0.130. The molecule has 0 saturated heterocycles. The smallest absolute Gasteiger partial charge is 0.119 e. The van der Waals surface area contributed by atoms with Crippen LogP contribution < -0.4 is 9.64 Å². The van der Waals surface area contributed by atoms with Crippen LogP contribution in [-0.2, 0) is 6.42 Å². The molecule has 0 radical (unpaired) electrons. The Kier molecular flexibility index (Phi) is 4.26. The van der Waals surface area contributed by atoms with Crippen LogP contribution in [-0.4, -0.2) is 13.7 Å². The zero-order valence-corrected chi connectivity index (χ0v) is 14.4. The number of ether oxygens (including phenoxy) is 1. The highest BCUT2D eigenvalue weighted by Gasteiger charge is 2.20. The second-order valence-electron chi connectivity index (χ2n) is 6.23. The highest BCUT2D eigenvalue weighted by molar-refractivity contribution is 5.74.